The van der Waals surface area contributed by atoms with Crippen molar-refractivity contribution in [1.29, 1.82) is 0 Å². The van der Waals surface area contributed by atoms with Crippen molar-refractivity contribution >= 4 is 5.97 Å². The van der Waals surface area contributed by atoms with Gasteiger partial charge < -0.3 is 4.74 Å². The van der Waals surface area contributed by atoms with Crippen LogP contribution >= 0.6 is 0 Å². The van der Waals surface area contributed by atoms with Crippen LogP contribution in [-0.2, 0) is 9.53 Å². The van der Waals surface area contributed by atoms with Crippen LogP contribution in [0.2, 0.25) is 0 Å². The van der Waals surface area contributed by atoms with Crippen LogP contribution < -0.4 is 0 Å². The maximum atomic E-state index is 11.6. The number of hydrogen-bond donors (Lipinski definition) is 0. The van der Waals surface area contributed by atoms with Crippen molar-refractivity contribution in [2.45, 2.75) is 123 Å². The molecule has 3 heteroatoms. The van der Waals surface area contributed by atoms with Gasteiger partial charge in [0, 0.05) is 6.42 Å². The van der Waals surface area contributed by atoms with Gasteiger partial charge in [0.2, 0.25) is 0 Å². The van der Waals surface area contributed by atoms with E-state index in [1.807, 2.05) is 25.9 Å². The number of rotatable bonds is 18. The van der Waals surface area contributed by atoms with Gasteiger partial charge in [0.05, 0.1) is 0 Å². The van der Waals surface area contributed by atoms with Gasteiger partial charge in [-0.15, -0.1) is 0 Å². The third-order valence-corrected chi connectivity index (χ3v) is 5.01. The van der Waals surface area contributed by atoms with E-state index in [0.29, 0.717) is 6.42 Å². The van der Waals surface area contributed by atoms with E-state index in [9.17, 15) is 4.79 Å². The summed E-state index contributed by atoms with van der Waals surface area (Å²) in [5.41, 5.74) is 0. The first kappa shape index (κ1) is 24.4. The number of ether oxygens (including phenoxy) is 1. The summed E-state index contributed by atoms with van der Waals surface area (Å²) in [5.74, 6) is -0.0594. The quantitative estimate of drug-likeness (QED) is 0.156. The molecule has 0 aromatic carbocycles. The van der Waals surface area contributed by atoms with Crippen molar-refractivity contribution < 1.29 is 9.53 Å². The highest BCUT2D eigenvalue weighted by atomic mass is 16.6. The number of nitrogens with zero attached hydrogens (tertiary/aromatic N) is 1. The van der Waals surface area contributed by atoms with Crippen LogP contribution in [0.1, 0.15) is 117 Å². The largest absolute Gasteiger partial charge is 0.447 e. The highest BCUT2D eigenvalue weighted by Gasteiger charge is 2.10. The molecule has 1 unspecified atom stereocenters. The van der Waals surface area contributed by atoms with Crippen LogP contribution in [0, 0.1) is 0 Å². The van der Waals surface area contributed by atoms with Crippen LogP contribution in [0.25, 0.3) is 0 Å². The zero-order chi connectivity index (χ0) is 18.8. The van der Waals surface area contributed by atoms with Crippen LogP contribution in [-0.4, -0.2) is 31.2 Å². The minimum absolute atomic E-state index is 0.0594. The molecule has 0 aliphatic rings. The van der Waals surface area contributed by atoms with E-state index in [2.05, 4.69) is 6.92 Å². The predicted molar refractivity (Wildman–Crippen MR) is 109 cm³/mol. The molecule has 3 nitrogen and oxygen atoms in total. The van der Waals surface area contributed by atoms with E-state index < -0.39 is 0 Å². The number of carbonyl (C=O) groups is 1. The summed E-state index contributed by atoms with van der Waals surface area (Å²) in [5, 5.41) is 0. The summed E-state index contributed by atoms with van der Waals surface area (Å²) in [6, 6.07) is 0. The maximum Gasteiger partial charge on any atom is 0.307 e. The lowest BCUT2D eigenvalue weighted by molar-refractivity contribution is -0.155. The van der Waals surface area contributed by atoms with Gasteiger partial charge in [-0.1, -0.05) is 96.8 Å². The predicted octanol–water partition coefficient (Wildman–Crippen LogP) is 6.70. The van der Waals surface area contributed by atoms with E-state index in [1.54, 1.807) is 0 Å². The molecule has 0 N–H and O–H groups in total. The topological polar surface area (TPSA) is 29.5 Å². The molecule has 0 aromatic heterocycles. The molecule has 0 aliphatic carbocycles. The molecule has 0 heterocycles. The first-order valence-corrected chi connectivity index (χ1v) is 10.9. The average Bonchev–Trinajstić information content (AvgIpc) is 2.58. The summed E-state index contributed by atoms with van der Waals surface area (Å²) < 4.78 is 5.32. The molecule has 0 aliphatic heterocycles. The fourth-order valence-corrected chi connectivity index (χ4v) is 3.00. The van der Waals surface area contributed by atoms with Gasteiger partial charge in [0.1, 0.15) is 0 Å². The molecule has 0 spiro atoms. The Labute approximate surface area is 157 Å². The SMILES string of the molecule is CCCCCCCCCCCCCCCCCC(=O)OC(C)N(C)C. The smallest absolute Gasteiger partial charge is 0.307 e. The molecular weight excluding hydrogens is 310 g/mol. The van der Waals surface area contributed by atoms with Crippen molar-refractivity contribution in [2.75, 3.05) is 14.1 Å². The Hall–Kier alpha value is -0.570. The number of hydrogen-bond acceptors (Lipinski definition) is 3. The van der Waals surface area contributed by atoms with E-state index in [-0.39, 0.29) is 12.2 Å². The second kappa shape index (κ2) is 18.2. The molecule has 0 saturated heterocycles. The average molecular weight is 356 g/mol. The number of unbranched alkanes of at least 4 members (excludes halogenated alkanes) is 14. The molecule has 0 radical (unpaired) electrons. The second-order valence-corrected chi connectivity index (χ2v) is 7.75. The van der Waals surface area contributed by atoms with Crippen molar-refractivity contribution in [2.24, 2.45) is 0 Å². The van der Waals surface area contributed by atoms with E-state index in [4.69, 9.17) is 4.74 Å². The van der Waals surface area contributed by atoms with Gasteiger partial charge in [-0.25, -0.2) is 0 Å². The Morgan fingerprint density at radius 3 is 1.44 bits per heavy atom. The Morgan fingerprint density at radius 2 is 1.08 bits per heavy atom. The standard InChI is InChI=1S/C22H45NO2/c1-5-6-7-8-9-10-11-12-13-14-15-16-17-18-19-20-22(24)25-21(2)23(3)4/h21H,5-20H2,1-4H3. The maximum absolute atomic E-state index is 11.6. The van der Waals surface area contributed by atoms with Gasteiger partial charge >= 0.3 is 5.97 Å². The summed E-state index contributed by atoms with van der Waals surface area (Å²) in [7, 11) is 3.84. The molecule has 0 bridgehead atoms. The summed E-state index contributed by atoms with van der Waals surface area (Å²) >= 11 is 0. The number of carbonyl (C=O) groups excluding carboxylic acids is 1. The lowest BCUT2D eigenvalue weighted by Crippen LogP contribution is -2.29. The zero-order valence-electron chi connectivity index (χ0n) is 17.7. The molecule has 0 amide bonds. The summed E-state index contributed by atoms with van der Waals surface area (Å²) in [4.78, 5) is 13.6. The summed E-state index contributed by atoms with van der Waals surface area (Å²) in [6.07, 6.45) is 20.7. The third kappa shape index (κ3) is 18.0. The molecular formula is C22H45NO2. The Kier molecular flexibility index (Phi) is 17.8. The molecule has 0 aromatic rings. The highest BCUT2D eigenvalue weighted by Crippen LogP contribution is 2.14. The monoisotopic (exact) mass is 355 g/mol. The summed E-state index contributed by atoms with van der Waals surface area (Å²) in [6.45, 7) is 4.19. The fraction of sp³-hybridized carbons (Fsp3) is 0.955. The lowest BCUT2D eigenvalue weighted by atomic mass is 10.0. The highest BCUT2D eigenvalue weighted by molar-refractivity contribution is 5.69. The Morgan fingerprint density at radius 1 is 0.720 bits per heavy atom. The third-order valence-electron chi connectivity index (χ3n) is 5.01. The molecule has 1 atom stereocenters. The van der Waals surface area contributed by atoms with Crippen molar-refractivity contribution in [3.8, 4) is 0 Å². The van der Waals surface area contributed by atoms with Crippen LogP contribution in [0.5, 0.6) is 0 Å². The van der Waals surface area contributed by atoms with E-state index in [0.717, 1.165) is 12.8 Å². The van der Waals surface area contributed by atoms with Crippen LogP contribution in [0.4, 0.5) is 0 Å². The Balaban J connectivity index is 3.17. The molecule has 25 heavy (non-hydrogen) atoms. The zero-order valence-corrected chi connectivity index (χ0v) is 17.7. The lowest BCUT2D eigenvalue weighted by Gasteiger charge is -2.19. The van der Waals surface area contributed by atoms with Gasteiger partial charge in [0.25, 0.3) is 0 Å². The van der Waals surface area contributed by atoms with E-state index >= 15 is 0 Å². The normalized spacial score (nSPS) is 12.5. The van der Waals surface area contributed by atoms with Crippen LogP contribution in [0.15, 0.2) is 0 Å². The Bertz CT molecular complexity index is 292. The van der Waals surface area contributed by atoms with Gasteiger partial charge in [-0.05, 0) is 27.4 Å². The van der Waals surface area contributed by atoms with E-state index in [1.165, 1.54) is 83.5 Å². The minimum Gasteiger partial charge on any atom is -0.447 e. The van der Waals surface area contributed by atoms with Gasteiger partial charge in [-0.3, -0.25) is 9.69 Å². The van der Waals surface area contributed by atoms with Crippen molar-refractivity contribution in [1.82, 2.24) is 4.90 Å². The molecule has 150 valence electrons. The number of esters is 1. The molecule has 0 fully saturated rings. The first-order valence-electron chi connectivity index (χ1n) is 10.9. The van der Waals surface area contributed by atoms with Gasteiger partial charge in [0.15, 0.2) is 6.23 Å². The fourth-order valence-electron chi connectivity index (χ4n) is 3.00. The van der Waals surface area contributed by atoms with Crippen LogP contribution in [0.3, 0.4) is 0 Å². The molecule has 0 rings (SSSR count). The molecule has 0 saturated carbocycles. The first-order chi connectivity index (χ1) is 12.1. The van der Waals surface area contributed by atoms with Crippen molar-refractivity contribution in [3.05, 3.63) is 0 Å². The second-order valence-electron chi connectivity index (χ2n) is 7.75. The van der Waals surface area contributed by atoms with Gasteiger partial charge in [-0.2, -0.15) is 0 Å². The minimum atomic E-state index is -0.121. The van der Waals surface area contributed by atoms with Crippen molar-refractivity contribution in [3.63, 3.8) is 0 Å².